The van der Waals surface area contributed by atoms with Gasteiger partial charge < -0.3 is 0 Å². The van der Waals surface area contributed by atoms with Gasteiger partial charge >= 0.3 is 0 Å². The zero-order valence-corrected chi connectivity index (χ0v) is 12.1. The van der Waals surface area contributed by atoms with Crippen molar-refractivity contribution in [2.45, 2.75) is 19.8 Å². The van der Waals surface area contributed by atoms with Crippen molar-refractivity contribution < 1.29 is 12.6 Å². The summed E-state index contributed by atoms with van der Waals surface area (Å²) in [6, 6.07) is 3.71. The lowest BCUT2D eigenvalue weighted by molar-refractivity contribution is 0.316. The third kappa shape index (κ3) is 5.25. The summed E-state index contributed by atoms with van der Waals surface area (Å²) in [5, 5.41) is 1.10. The molecule has 0 amide bonds. The Bertz CT molecular complexity index is 448. The first kappa shape index (κ1) is 13.9. The van der Waals surface area contributed by atoms with Crippen LogP contribution in [0.15, 0.2) is 21.3 Å². The van der Waals surface area contributed by atoms with E-state index in [9.17, 15) is 8.42 Å². The lowest BCUT2D eigenvalue weighted by Crippen LogP contribution is -2.02. The lowest BCUT2D eigenvalue weighted by atomic mass is 10.4. The molecule has 0 spiro atoms. The molecule has 0 unspecified atom stereocenters. The number of thiophene rings is 1. The minimum atomic E-state index is -3.53. The van der Waals surface area contributed by atoms with E-state index in [1.807, 2.05) is 19.1 Å². The Labute approximate surface area is 108 Å². The molecule has 0 aliphatic rings. The van der Waals surface area contributed by atoms with E-state index in [2.05, 4.69) is 15.9 Å². The van der Waals surface area contributed by atoms with Crippen molar-refractivity contribution in [1.82, 2.24) is 0 Å². The number of unbranched alkanes of at least 4 members (excludes halogenated alkanes) is 1. The fraction of sp³-hybridized carbons (Fsp3) is 0.400. The highest BCUT2D eigenvalue weighted by Gasteiger charge is 2.05. The maximum absolute atomic E-state index is 11.4. The van der Waals surface area contributed by atoms with Gasteiger partial charge in [-0.15, -0.1) is 11.3 Å². The van der Waals surface area contributed by atoms with Crippen LogP contribution in [0.3, 0.4) is 0 Å². The molecule has 1 aromatic rings. The van der Waals surface area contributed by atoms with Crippen LogP contribution in [-0.2, 0) is 14.3 Å². The average molecular weight is 325 g/mol. The van der Waals surface area contributed by atoms with Crippen LogP contribution < -0.4 is 0 Å². The van der Waals surface area contributed by atoms with E-state index in [0.717, 1.165) is 26.9 Å². The van der Waals surface area contributed by atoms with Gasteiger partial charge in [-0.3, -0.25) is 4.18 Å². The third-order valence-electron chi connectivity index (χ3n) is 1.74. The van der Waals surface area contributed by atoms with Crippen LogP contribution in [0.2, 0.25) is 0 Å². The molecule has 0 bridgehead atoms. The van der Waals surface area contributed by atoms with E-state index in [-0.39, 0.29) is 6.61 Å². The Morgan fingerprint density at radius 1 is 1.50 bits per heavy atom. The largest absolute Gasteiger partial charge is 0.290 e. The topological polar surface area (TPSA) is 43.4 Å². The maximum atomic E-state index is 11.4. The van der Waals surface area contributed by atoms with Crippen molar-refractivity contribution in [3.63, 3.8) is 0 Å². The highest BCUT2D eigenvalue weighted by molar-refractivity contribution is 9.11. The molecule has 90 valence electrons. The zero-order valence-electron chi connectivity index (χ0n) is 8.85. The fourth-order valence-electron chi connectivity index (χ4n) is 0.927. The van der Waals surface area contributed by atoms with Crippen LogP contribution in [-0.4, -0.2) is 15.0 Å². The van der Waals surface area contributed by atoms with Crippen LogP contribution in [0.25, 0.3) is 6.08 Å². The van der Waals surface area contributed by atoms with E-state index in [0.29, 0.717) is 0 Å². The van der Waals surface area contributed by atoms with E-state index >= 15 is 0 Å². The molecule has 0 aliphatic heterocycles. The Kier molecular flexibility index (Phi) is 5.68. The van der Waals surface area contributed by atoms with Gasteiger partial charge in [0.05, 0.1) is 15.8 Å². The second-order valence-corrected chi connectivity index (χ2v) is 7.10. The molecule has 0 fully saturated rings. The first-order valence-corrected chi connectivity index (χ1v) is 7.94. The van der Waals surface area contributed by atoms with Crippen LogP contribution in [0.5, 0.6) is 0 Å². The molecule has 0 radical (unpaired) electrons. The fourth-order valence-corrected chi connectivity index (χ4v) is 3.08. The first-order chi connectivity index (χ1) is 7.53. The maximum Gasteiger partial charge on any atom is 0.290 e. The van der Waals surface area contributed by atoms with Gasteiger partial charge in [0.2, 0.25) is 0 Å². The molecule has 6 heteroatoms. The van der Waals surface area contributed by atoms with Crippen molar-refractivity contribution in [3.05, 3.63) is 26.2 Å². The SMILES string of the molecule is CCCCOS(=O)(=O)/C=C/c1ccc(Br)s1. The molecule has 0 aliphatic carbocycles. The standard InChI is InChI=1S/C10H13BrO3S2/c1-2-3-7-14-16(12,13)8-6-9-4-5-10(11)15-9/h4-6,8H,2-3,7H2,1H3/b8-6+. The smallest absolute Gasteiger partial charge is 0.267 e. The predicted octanol–water partition coefficient (Wildman–Crippen LogP) is 3.63. The molecule has 0 saturated carbocycles. The molecule has 0 aromatic carbocycles. The van der Waals surface area contributed by atoms with Gasteiger partial charge in [-0.1, -0.05) is 13.3 Å². The summed E-state index contributed by atoms with van der Waals surface area (Å²) in [7, 11) is -3.53. The summed E-state index contributed by atoms with van der Waals surface area (Å²) >= 11 is 4.77. The molecule has 16 heavy (non-hydrogen) atoms. The Morgan fingerprint density at radius 3 is 2.81 bits per heavy atom. The van der Waals surface area contributed by atoms with Gasteiger partial charge in [-0.05, 0) is 40.6 Å². The van der Waals surface area contributed by atoms with Crippen LogP contribution in [0.1, 0.15) is 24.6 Å². The Balaban J connectivity index is 2.55. The lowest BCUT2D eigenvalue weighted by Gasteiger charge is -1.98. The summed E-state index contributed by atoms with van der Waals surface area (Å²) in [4.78, 5) is 0.870. The predicted molar refractivity (Wildman–Crippen MR) is 70.8 cm³/mol. The molecule has 3 nitrogen and oxygen atoms in total. The first-order valence-electron chi connectivity index (χ1n) is 4.86. The van der Waals surface area contributed by atoms with Crippen molar-refractivity contribution >= 4 is 43.5 Å². The van der Waals surface area contributed by atoms with Crippen LogP contribution in [0.4, 0.5) is 0 Å². The van der Waals surface area contributed by atoms with Crippen molar-refractivity contribution in [2.24, 2.45) is 0 Å². The molecular formula is C10H13BrO3S2. The zero-order chi connectivity index (χ0) is 12.0. The number of halogens is 1. The summed E-state index contributed by atoms with van der Waals surface area (Å²) in [6.07, 6.45) is 3.20. The van der Waals surface area contributed by atoms with Gasteiger partial charge in [0.25, 0.3) is 10.1 Å². The highest BCUT2D eigenvalue weighted by atomic mass is 79.9. The number of hydrogen-bond acceptors (Lipinski definition) is 4. The van der Waals surface area contributed by atoms with Crippen LogP contribution >= 0.6 is 27.3 Å². The second kappa shape index (κ2) is 6.54. The van der Waals surface area contributed by atoms with Gasteiger partial charge in [0.15, 0.2) is 0 Å². The van der Waals surface area contributed by atoms with Crippen molar-refractivity contribution in [2.75, 3.05) is 6.61 Å². The van der Waals surface area contributed by atoms with E-state index in [1.165, 1.54) is 17.4 Å². The van der Waals surface area contributed by atoms with Gasteiger partial charge in [0, 0.05) is 4.88 Å². The molecule has 0 N–H and O–H groups in total. The van der Waals surface area contributed by atoms with Gasteiger partial charge in [-0.2, -0.15) is 8.42 Å². The summed E-state index contributed by atoms with van der Waals surface area (Å²) in [5.74, 6) is 0. The average Bonchev–Trinajstić information content (AvgIpc) is 2.62. The molecular weight excluding hydrogens is 312 g/mol. The van der Waals surface area contributed by atoms with Gasteiger partial charge in [0.1, 0.15) is 0 Å². The van der Waals surface area contributed by atoms with E-state index in [1.54, 1.807) is 0 Å². The van der Waals surface area contributed by atoms with Crippen molar-refractivity contribution in [1.29, 1.82) is 0 Å². The quantitative estimate of drug-likeness (QED) is 0.592. The molecule has 0 saturated heterocycles. The van der Waals surface area contributed by atoms with Gasteiger partial charge in [-0.25, -0.2) is 0 Å². The molecule has 0 atom stereocenters. The highest BCUT2D eigenvalue weighted by Crippen LogP contribution is 2.23. The summed E-state index contributed by atoms with van der Waals surface area (Å²) in [5.41, 5.74) is 0. The third-order valence-corrected chi connectivity index (χ3v) is 4.29. The minimum absolute atomic E-state index is 0.247. The monoisotopic (exact) mass is 324 g/mol. The molecule has 1 aromatic heterocycles. The van der Waals surface area contributed by atoms with E-state index in [4.69, 9.17) is 4.18 Å². The number of rotatable bonds is 6. The van der Waals surface area contributed by atoms with Crippen LogP contribution in [0, 0.1) is 0 Å². The van der Waals surface area contributed by atoms with Crippen molar-refractivity contribution in [3.8, 4) is 0 Å². The Morgan fingerprint density at radius 2 is 2.25 bits per heavy atom. The summed E-state index contributed by atoms with van der Waals surface area (Å²) < 4.78 is 28.5. The van der Waals surface area contributed by atoms with E-state index < -0.39 is 10.1 Å². The number of hydrogen-bond donors (Lipinski definition) is 0. The molecule has 1 rings (SSSR count). The second-order valence-electron chi connectivity index (χ2n) is 3.11. The normalized spacial score (nSPS) is 12.4. The summed E-state index contributed by atoms with van der Waals surface area (Å²) in [6.45, 7) is 2.23. The minimum Gasteiger partial charge on any atom is -0.267 e. The molecule has 1 heterocycles. The Hall–Kier alpha value is -0.170.